The number of hydrogen-bond acceptors (Lipinski definition) is 2. The van der Waals surface area contributed by atoms with Gasteiger partial charge in [0.1, 0.15) is 0 Å². The summed E-state index contributed by atoms with van der Waals surface area (Å²) in [5.74, 6) is 0. The summed E-state index contributed by atoms with van der Waals surface area (Å²) < 4.78 is 0. The molecular weight excluding hydrogens is 172 g/mol. The van der Waals surface area contributed by atoms with Crippen LogP contribution in [0.3, 0.4) is 0 Å². The van der Waals surface area contributed by atoms with Gasteiger partial charge in [0.15, 0.2) is 0 Å². The van der Waals surface area contributed by atoms with Crippen LogP contribution in [0.25, 0.3) is 0 Å². The van der Waals surface area contributed by atoms with Gasteiger partial charge in [-0.25, -0.2) is 0 Å². The number of anilines is 1. The number of nitrogens with two attached hydrogens (primary N) is 1. The molecule has 1 aliphatic heterocycles. The van der Waals surface area contributed by atoms with Crippen molar-refractivity contribution in [3.05, 3.63) is 29.8 Å². The highest BCUT2D eigenvalue weighted by Gasteiger charge is 2.16. The first-order valence-corrected chi connectivity index (χ1v) is 5.38. The lowest BCUT2D eigenvalue weighted by molar-refractivity contribution is 0.805. The number of benzene rings is 1. The average molecular weight is 190 g/mol. The van der Waals surface area contributed by atoms with E-state index in [4.69, 9.17) is 5.73 Å². The molecule has 76 valence electrons. The largest absolute Gasteiger partial charge is 0.371 e. The lowest BCUT2D eigenvalue weighted by atomic mass is 10.1. The summed E-state index contributed by atoms with van der Waals surface area (Å²) in [6.45, 7) is 4.42. The summed E-state index contributed by atoms with van der Waals surface area (Å²) in [5.41, 5.74) is 8.56. The molecule has 0 aliphatic carbocycles. The van der Waals surface area contributed by atoms with Gasteiger partial charge in [-0.1, -0.05) is 18.2 Å². The van der Waals surface area contributed by atoms with Crippen molar-refractivity contribution in [3.63, 3.8) is 0 Å². The molecule has 2 rings (SSSR count). The summed E-state index contributed by atoms with van der Waals surface area (Å²) in [4.78, 5) is 2.44. The van der Waals surface area contributed by atoms with Crippen LogP contribution < -0.4 is 10.6 Å². The van der Waals surface area contributed by atoms with Gasteiger partial charge < -0.3 is 10.6 Å². The predicted molar refractivity (Wildman–Crippen MR) is 60.5 cm³/mol. The molecule has 14 heavy (non-hydrogen) atoms. The van der Waals surface area contributed by atoms with E-state index in [0.717, 1.165) is 0 Å². The Kier molecular flexibility index (Phi) is 2.73. The summed E-state index contributed by atoms with van der Waals surface area (Å²) in [6, 6.07) is 8.62. The SMILES string of the molecule is CC(N)c1ccccc1N1CCCC1. The molecule has 0 radical (unpaired) electrons. The molecule has 1 atom stereocenters. The van der Waals surface area contributed by atoms with Crippen molar-refractivity contribution in [3.8, 4) is 0 Å². The number of nitrogens with zero attached hydrogens (tertiary/aromatic N) is 1. The van der Waals surface area contributed by atoms with E-state index < -0.39 is 0 Å². The second kappa shape index (κ2) is 4.01. The molecule has 1 saturated heterocycles. The van der Waals surface area contributed by atoms with Gasteiger partial charge in [0, 0.05) is 24.8 Å². The highest BCUT2D eigenvalue weighted by Crippen LogP contribution is 2.27. The van der Waals surface area contributed by atoms with Gasteiger partial charge in [-0.3, -0.25) is 0 Å². The molecule has 1 heterocycles. The molecule has 2 N–H and O–H groups in total. The van der Waals surface area contributed by atoms with E-state index in [1.54, 1.807) is 0 Å². The third-order valence-corrected chi connectivity index (χ3v) is 2.87. The quantitative estimate of drug-likeness (QED) is 0.775. The molecule has 1 aromatic rings. The molecule has 1 aromatic carbocycles. The molecule has 1 aliphatic rings. The molecule has 2 heteroatoms. The minimum Gasteiger partial charge on any atom is -0.371 e. The molecular formula is C12H18N2. The van der Waals surface area contributed by atoms with Gasteiger partial charge in [-0.05, 0) is 31.4 Å². The standard InChI is InChI=1S/C12H18N2/c1-10(13)11-6-2-3-7-12(11)14-8-4-5-9-14/h2-3,6-7,10H,4-5,8-9,13H2,1H3. The van der Waals surface area contributed by atoms with E-state index in [1.165, 1.54) is 37.2 Å². The fourth-order valence-corrected chi connectivity index (χ4v) is 2.12. The summed E-state index contributed by atoms with van der Waals surface area (Å²) >= 11 is 0. The fourth-order valence-electron chi connectivity index (χ4n) is 2.12. The van der Waals surface area contributed by atoms with E-state index >= 15 is 0 Å². The Morgan fingerprint density at radius 3 is 2.50 bits per heavy atom. The van der Waals surface area contributed by atoms with Crippen molar-refractivity contribution >= 4 is 5.69 Å². The van der Waals surface area contributed by atoms with Crippen LogP contribution >= 0.6 is 0 Å². The second-order valence-electron chi connectivity index (χ2n) is 4.04. The smallest absolute Gasteiger partial charge is 0.0414 e. The Morgan fingerprint density at radius 2 is 1.86 bits per heavy atom. The molecule has 1 fully saturated rings. The average Bonchev–Trinajstić information content (AvgIpc) is 2.70. The Morgan fingerprint density at radius 1 is 1.21 bits per heavy atom. The zero-order valence-corrected chi connectivity index (χ0v) is 8.74. The Hall–Kier alpha value is -1.02. The molecule has 0 saturated carbocycles. The van der Waals surface area contributed by atoms with Gasteiger partial charge >= 0.3 is 0 Å². The van der Waals surface area contributed by atoms with E-state index in [0.29, 0.717) is 0 Å². The number of para-hydroxylation sites is 1. The van der Waals surface area contributed by atoms with Crippen molar-refractivity contribution < 1.29 is 0 Å². The van der Waals surface area contributed by atoms with Gasteiger partial charge in [0.25, 0.3) is 0 Å². The maximum Gasteiger partial charge on any atom is 0.0414 e. The summed E-state index contributed by atoms with van der Waals surface area (Å²) in [6.07, 6.45) is 2.63. The molecule has 0 bridgehead atoms. The normalized spacial score (nSPS) is 18.6. The van der Waals surface area contributed by atoms with Crippen molar-refractivity contribution in [1.82, 2.24) is 0 Å². The van der Waals surface area contributed by atoms with Crippen molar-refractivity contribution in [1.29, 1.82) is 0 Å². The van der Waals surface area contributed by atoms with Crippen LogP contribution in [0.15, 0.2) is 24.3 Å². The van der Waals surface area contributed by atoms with Gasteiger partial charge in [0.05, 0.1) is 0 Å². The minimum atomic E-state index is 0.131. The van der Waals surface area contributed by atoms with Crippen LogP contribution in [-0.2, 0) is 0 Å². The van der Waals surface area contributed by atoms with E-state index in [-0.39, 0.29) is 6.04 Å². The van der Waals surface area contributed by atoms with Crippen molar-refractivity contribution in [2.75, 3.05) is 18.0 Å². The topological polar surface area (TPSA) is 29.3 Å². The third-order valence-electron chi connectivity index (χ3n) is 2.87. The van der Waals surface area contributed by atoms with E-state index in [1.807, 2.05) is 0 Å². The lowest BCUT2D eigenvalue weighted by Crippen LogP contribution is -2.21. The van der Waals surface area contributed by atoms with Crippen LogP contribution in [0.5, 0.6) is 0 Å². The third kappa shape index (κ3) is 1.75. The molecule has 2 nitrogen and oxygen atoms in total. The highest BCUT2D eigenvalue weighted by atomic mass is 15.1. The first-order valence-electron chi connectivity index (χ1n) is 5.38. The lowest BCUT2D eigenvalue weighted by Gasteiger charge is -2.22. The summed E-state index contributed by atoms with van der Waals surface area (Å²) in [5, 5.41) is 0. The Labute approximate surface area is 85.7 Å². The fraction of sp³-hybridized carbons (Fsp3) is 0.500. The highest BCUT2D eigenvalue weighted by molar-refractivity contribution is 5.55. The van der Waals surface area contributed by atoms with E-state index in [2.05, 4.69) is 36.1 Å². The minimum absolute atomic E-state index is 0.131. The number of hydrogen-bond donors (Lipinski definition) is 1. The van der Waals surface area contributed by atoms with Crippen LogP contribution in [0, 0.1) is 0 Å². The van der Waals surface area contributed by atoms with Crippen LogP contribution in [0.4, 0.5) is 5.69 Å². The van der Waals surface area contributed by atoms with Gasteiger partial charge in [0.2, 0.25) is 0 Å². The second-order valence-corrected chi connectivity index (χ2v) is 4.04. The zero-order valence-electron chi connectivity index (χ0n) is 8.74. The van der Waals surface area contributed by atoms with Crippen molar-refractivity contribution in [2.45, 2.75) is 25.8 Å². The van der Waals surface area contributed by atoms with Crippen LogP contribution in [0.1, 0.15) is 31.4 Å². The number of rotatable bonds is 2. The van der Waals surface area contributed by atoms with E-state index in [9.17, 15) is 0 Å². The molecule has 0 spiro atoms. The maximum absolute atomic E-state index is 5.96. The first-order chi connectivity index (χ1) is 6.79. The molecule has 0 amide bonds. The van der Waals surface area contributed by atoms with Gasteiger partial charge in [-0.2, -0.15) is 0 Å². The monoisotopic (exact) mass is 190 g/mol. The zero-order chi connectivity index (χ0) is 9.97. The maximum atomic E-state index is 5.96. The first kappa shape index (κ1) is 9.53. The van der Waals surface area contributed by atoms with Crippen LogP contribution in [-0.4, -0.2) is 13.1 Å². The van der Waals surface area contributed by atoms with Crippen molar-refractivity contribution in [2.24, 2.45) is 5.73 Å². The Balaban J connectivity index is 2.30. The van der Waals surface area contributed by atoms with Crippen LogP contribution in [0.2, 0.25) is 0 Å². The van der Waals surface area contributed by atoms with Gasteiger partial charge in [-0.15, -0.1) is 0 Å². The molecule has 0 aromatic heterocycles. The summed E-state index contributed by atoms with van der Waals surface area (Å²) in [7, 11) is 0. The molecule has 1 unspecified atom stereocenters. The Bertz CT molecular complexity index is 301. The predicted octanol–water partition coefficient (Wildman–Crippen LogP) is 2.31.